The molecule has 3 rings (SSSR count). The fraction of sp³-hybridized carbons (Fsp3) is 0.278. The van der Waals surface area contributed by atoms with Crippen molar-refractivity contribution in [1.82, 2.24) is 9.97 Å². The van der Waals surface area contributed by atoms with Crippen LogP contribution in [0.5, 0.6) is 0 Å². The van der Waals surface area contributed by atoms with E-state index >= 15 is 0 Å². The minimum Gasteiger partial charge on any atom is -0.298 e. The van der Waals surface area contributed by atoms with E-state index < -0.39 is 0 Å². The van der Waals surface area contributed by atoms with E-state index in [2.05, 4.69) is 9.97 Å². The molecular weight excluding hydrogens is 328 g/mol. The molecule has 1 heterocycles. The summed E-state index contributed by atoms with van der Waals surface area (Å²) >= 11 is 7.50. The number of Topliss-reactive ketones (excluding diaryl/α,β-unsaturated/α-hetero) is 1. The van der Waals surface area contributed by atoms with Crippen molar-refractivity contribution in [2.75, 3.05) is 5.75 Å². The predicted octanol–water partition coefficient (Wildman–Crippen LogP) is 5.14. The SMILES string of the molecule is CC(C)(C)C(=O)CSc1ncc2ccc3ccc(Cl)cc3c2n1. The Balaban J connectivity index is 1.99. The second kappa shape index (κ2) is 6.10. The molecular formula is C18H17ClN2OS. The van der Waals surface area contributed by atoms with Gasteiger partial charge in [0.05, 0.1) is 11.3 Å². The van der Waals surface area contributed by atoms with Gasteiger partial charge in [0.25, 0.3) is 0 Å². The summed E-state index contributed by atoms with van der Waals surface area (Å²) in [5.41, 5.74) is 0.523. The first-order valence-electron chi connectivity index (χ1n) is 7.36. The summed E-state index contributed by atoms with van der Waals surface area (Å²) < 4.78 is 0. The van der Waals surface area contributed by atoms with Crippen molar-refractivity contribution >= 4 is 50.8 Å². The van der Waals surface area contributed by atoms with Crippen LogP contribution in [0.1, 0.15) is 20.8 Å². The Bertz CT molecular complexity index is 903. The van der Waals surface area contributed by atoms with Gasteiger partial charge in [-0.3, -0.25) is 4.79 Å². The Morgan fingerprint density at radius 1 is 1.17 bits per heavy atom. The van der Waals surface area contributed by atoms with Gasteiger partial charge in [-0.2, -0.15) is 0 Å². The maximum atomic E-state index is 12.1. The van der Waals surface area contributed by atoms with Crippen LogP contribution in [-0.2, 0) is 4.79 Å². The average molecular weight is 345 g/mol. The van der Waals surface area contributed by atoms with Crippen molar-refractivity contribution < 1.29 is 4.79 Å². The molecule has 1 aromatic heterocycles. The lowest BCUT2D eigenvalue weighted by atomic mass is 9.92. The number of benzene rings is 2. The maximum absolute atomic E-state index is 12.1. The van der Waals surface area contributed by atoms with Gasteiger partial charge in [0.2, 0.25) is 0 Å². The maximum Gasteiger partial charge on any atom is 0.188 e. The highest BCUT2D eigenvalue weighted by Gasteiger charge is 2.21. The second-order valence-corrected chi connectivity index (χ2v) is 7.86. The zero-order valence-corrected chi connectivity index (χ0v) is 14.8. The van der Waals surface area contributed by atoms with Crippen LogP contribution in [0.2, 0.25) is 5.02 Å². The van der Waals surface area contributed by atoms with Crippen molar-refractivity contribution in [3.63, 3.8) is 0 Å². The fourth-order valence-corrected chi connectivity index (χ4v) is 3.34. The molecule has 0 aliphatic heterocycles. The number of thioether (sulfide) groups is 1. The number of hydrogen-bond acceptors (Lipinski definition) is 4. The number of carbonyl (C=O) groups is 1. The van der Waals surface area contributed by atoms with Crippen LogP contribution in [0.4, 0.5) is 0 Å². The third-order valence-corrected chi connectivity index (χ3v) is 4.77. The predicted molar refractivity (Wildman–Crippen MR) is 97.2 cm³/mol. The molecule has 0 atom stereocenters. The molecule has 0 unspecified atom stereocenters. The molecule has 0 N–H and O–H groups in total. The molecule has 5 heteroatoms. The molecule has 3 nitrogen and oxygen atoms in total. The van der Waals surface area contributed by atoms with E-state index in [4.69, 9.17) is 11.6 Å². The zero-order valence-electron chi connectivity index (χ0n) is 13.3. The molecule has 23 heavy (non-hydrogen) atoms. The van der Waals surface area contributed by atoms with Gasteiger partial charge in [0.15, 0.2) is 5.16 Å². The summed E-state index contributed by atoms with van der Waals surface area (Å²) in [5, 5.41) is 4.35. The monoisotopic (exact) mass is 344 g/mol. The topological polar surface area (TPSA) is 42.9 Å². The van der Waals surface area contributed by atoms with Gasteiger partial charge in [0.1, 0.15) is 5.78 Å². The minimum absolute atomic E-state index is 0.187. The fourth-order valence-electron chi connectivity index (χ4n) is 2.19. The second-order valence-electron chi connectivity index (χ2n) is 6.48. The number of carbonyl (C=O) groups excluding carboxylic acids is 1. The van der Waals surface area contributed by atoms with E-state index in [1.807, 2.05) is 51.1 Å². The van der Waals surface area contributed by atoms with E-state index in [0.29, 0.717) is 15.9 Å². The average Bonchev–Trinajstić information content (AvgIpc) is 2.51. The summed E-state index contributed by atoms with van der Waals surface area (Å²) in [6, 6.07) is 9.80. The highest BCUT2D eigenvalue weighted by Crippen LogP contribution is 2.28. The van der Waals surface area contributed by atoms with Crippen LogP contribution in [0.3, 0.4) is 0 Å². The molecule has 0 bridgehead atoms. The number of hydrogen-bond donors (Lipinski definition) is 0. The molecule has 0 aliphatic carbocycles. The largest absolute Gasteiger partial charge is 0.298 e. The number of fused-ring (bicyclic) bond motifs is 3. The van der Waals surface area contributed by atoms with Gasteiger partial charge in [-0.05, 0) is 17.5 Å². The Labute approximate surface area is 144 Å². The van der Waals surface area contributed by atoms with E-state index in [1.54, 1.807) is 6.20 Å². The normalized spacial score (nSPS) is 12.0. The van der Waals surface area contributed by atoms with Crippen LogP contribution in [0.25, 0.3) is 21.7 Å². The molecule has 0 spiro atoms. The summed E-state index contributed by atoms with van der Waals surface area (Å²) in [7, 11) is 0. The summed E-state index contributed by atoms with van der Waals surface area (Å²) in [5.74, 6) is 0.563. The van der Waals surface area contributed by atoms with Gasteiger partial charge in [0, 0.05) is 27.4 Å². The molecule has 0 saturated heterocycles. The van der Waals surface area contributed by atoms with Gasteiger partial charge >= 0.3 is 0 Å². The Kier molecular flexibility index (Phi) is 4.30. The zero-order chi connectivity index (χ0) is 16.6. The third-order valence-electron chi connectivity index (χ3n) is 3.68. The molecule has 0 radical (unpaired) electrons. The molecule has 0 aliphatic rings. The van der Waals surface area contributed by atoms with Crippen molar-refractivity contribution in [1.29, 1.82) is 0 Å². The Hall–Kier alpha value is -1.65. The minimum atomic E-state index is -0.343. The molecule has 0 saturated carbocycles. The third kappa shape index (κ3) is 3.48. The quantitative estimate of drug-likeness (QED) is 0.374. The van der Waals surface area contributed by atoms with E-state index in [1.165, 1.54) is 11.8 Å². The Morgan fingerprint density at radius 2 is 1.87 bits per heavy atom. The summed E-state index contributed by atoms with van der Waals surface area (Å²) in [4.78, 5) is 21.1. The van der Waals surface area contributed by atoms with E-state index in [0.717, 1.165) is 21.7 Å². The standard InChI is InChI=1S/C18H17ClN2OS/c1-18(2,3)15(22)10-23-17-20-9-12-5-4-11-6-7-13(19)8-14(11)16(12)21-17/h4-9H,10H2,1-3H3. The smallest absolute Gasteiger partial charge is 0.188 e. The highest BCUT2D eigenvalue weighted by atomic mass is 35.5. The Morgan fingerprint density at radius 3 is 2.61 bits per heavy atom. The van der Waals surface area contributed by atoms with Gasteiger partial charge in [-0.25, -0.2) is 9.97 Å². The van der Waals surface area contributed by atoms with Gasteiger partial charge in [-0.1, -0.05) is 62.3 Å². The first-order valence-corrected chi connectivity index (χ1v) is 8.72. The van der Waals surface area contributed by atoms with Crippen LogP contribution < -0.4 is 0 Å². The van der Waals surface area contributed by atoms with E-state index in [-0.39, 0.29) is 11.2 Å². The van der Waals surface area contributed by atoms with Crippen molar-refractivity contribution in [3.05, 3.63) is 41.6 Å². The first-order chi connectivity index (χ1) is 10.8. The van der Waals surface area contributed by atoms with Crippen molar-refractivity contribution in [3.8, 4) is 0 Å². The lowest BCUT2D eigenvalue weighted by molar-refractivity contribution is -0.123. The van der Waals surface area contributed by atoms with Crippen molar-refractivity contribution in [2.24, 2.45) is 5.41 Å². The highest BCUT2D eigenvalue weighted by molar-refractivity contribution is 7.99. The number of ketones is 1. The molecule has 118 valence electrons. The van der Waals surface area contributed by atoms with Crippen LogP contribution in [0, 0.1) is 5.41 Å². The summed E-state index contributed by atoms with van der Waals surface area (Å²) in [6.07, 6.45) is 1.80. The van der Waals surface area contributed by atoms with Gasteiger partial charge < -0.3 is 0 Å². The summed E-state index contributed by atoms with van der Waals surface area (Å²) in [6.45, 7) is 5.77. The van der Waals surface area contributed by atoms with Crippen LogP contribution >= 0.6 is 23.4 Å². The first kappa shape index (κ1) is 16.2. The molecule has 0 fully saturated rings. The number of rotatable bonds is 3. The lowest BCUT2D eigenvalue weighted by Crippen LogP contribution is -2.22. The van der Waals surface area contributed by atoms with Crippen molar-refractivity contribution in [2.45, 2.75) is 25.9 Å². The molecule has 2 aromatic carbocycles. The number of halogens is 1. The van der Waals surface area contributed by atoms with Crippen LogP contribution in [-0.4, -0.2) is 21.5 Å². The number of aromatic nitrogens is 2. The lowest BCUT2D eigenvalue weighted by Gasteiger charge is -2.15. The van der Waals surface area contributed by atoms with Gasteiger partial charge in [-0.15, -0.1) is 0 Å². The van der Waals surface area contributed by atoms with Crippen LogP contribution in [0.15, 0.2) is 41.7 Å². The van der Waals surface area contributed by atoms with E-state index in [9.17, 15) is 4.79 Å². The number of nitrogens with zero attached hydrogens (tertiary/aromatic N) is 2. The molecule has 3 aromatic rings. The molecule has 0 amide bonds.